The van der Waals surface area contributed by atoms with E-state index in [1.165, 1.54) is 0 Å². The number of rotatable bonds is 55. The lowest BCUT2D eigenvalue weighted by Gasteiger charge is -2.38. The summed E-state index contributed by atoms with van der Waals surface area (Å²) in [6.45, 7) is 14.8. The van der Waals surface area contributed by atoms with Crippen LogP contribution < -0.4 is 21.3 Å². The van der Waals surface area contributed by atoms with E-state index in [0.29, 0.717) is 210 Å². The van der Waals surface area contributed by atoms with Crippen molar-refractivity contribution in [2.24, 2.45) is 0 Å². The summed E-state index contributed by atoms with van der Waals surface area (Å²) in [5.41, 5.74) is 0. The number of unbranched alkanes of at least 4 members (excludes halogenated alkanes) is 1. The summed E-state index contributed by atoms with van der Waals surface area (Å²) in [5, 5.41) is 41.6. The Hall–Kier alpha value is -2.20. The van der Waals surface area contributed by atoms with Gasteiger partial charge in [-0.15, -0.1) is 0 Å². The Kier molecular flexibility index (Phi) is 43.5. The average molecular weight is 1140 g/mol. The molecule has 0 unspecified atom stereocenters. The summed E-state index contributed by atoms with van der Waals surface area (Å²) in [6, 6.07) is 0.381. The first-order valence-electron chi connectivity index (χ1n) is 27.4. The number of urea groups is 1. The molecule has 26 nitrogen and oxygen atoms in total. The minimum absolute atomic E-state index is 0.0342. The van der Waals surface area contributed by atoms with E-state index in [4.69, 9.17) is 75.8 Å². The molecule has 7 N–H and O–H groups in total. The average Bonchev–Trinajstić information content (AvgIpc) is 3.99. The summed E-state index contributed by atoms with van der Waals surface area (Å²) in [4.78, 5) is 35.6. The fourth-order valence-electron chi connectivity index (χ4n) is 7.50. The van der Waals surface area contributed by atoms with Gasteiger partial charge in [-0.2, -0.15) is 11.8 Å². The van der Waals surface area contributed by atoms with Crippen molar-refractivity contribution in [3.05, 3.63) is 0 Å². The molecule has 3 rings (SSSR count). The molecule has 0 aliphatic carbocycles. The van der Waals surface area contributed by atoms with Crippen LogP contribution in [0.5, 0.6) is 0 Å². The van der Waals surface area contributed by atoms with Crippen molar-refractivity contribution < 1.29 is 105 Å². The number of fused-ring (bicyclic) bond motifs is 1. The maximum atomic E-state index is 12.1. The van der Waals surface area contributed by atoms with Crippen molar-refractivity contribution in [1.29, 1.82) is 0 Å². The van der Waals surface area contributed by atoms with Crippen molar-refractivity contribution in [3.8, 4) is 0 Å². The lowest BCUT2D eigenvalue weighted by Crippen LogP contribution is -2.57. The molecule has 77 heavy (non-hydrogen) atoms. The highest BCUT2D eigenvalue weighted by atomic mass is 32.2. The molecule has 0 saturated carbocycles. The van der Waals surface area contributed by atoms with Crippen LogP contribution in [0.15, 0.2) is 0 Å². The van der Waals surface area contributed by atoms with Crippen molar-refractivity contribution in [3.63, 3.8) is 0 Å². The van der Waals surface area contributed by atoms with Gasteiger partial charge in [0.25, 0.3) is 0 Å². The predicted octanol–water partition coefficient (Wildman–Crippen LogP) is -1.20. The van der Waals surface area contributed by atoms with Gasteiger partial charge in [0.15, 0.2) is 6.29 Å². The van der Waals surface area contributed by atoms with E-state index in [9.17, 15) is 29.7 Å². The maximum Gasteiger partial charge on any atom is 0.315 e. The number of hydrogen-bond donors (Lipinski definition) is 7. The van der Waals surface area contributed by atoms with Crippen molar-refractivity contribution >= 4 is 29.6 Å². The third kappa shape index (κ3) is 36.7. The topological polar surface area (TPSA) is 308 Å². The Balaban J connectivity index is 0.873. The maximum absolute atomic E-state index is 12.1. The fourth-order valence-corrected chi connectivity index (χ4v) is 9.04. The van der Waals surface area contributed by atoms with Gasteiger partial charge in [-0.05, 0) is 26.2 Å². The third-order valence-corrected chi connectivity index (χ3v) is 13.2. The van der Waals surface area contributed by atoms with E-state index >= 15 is 0 Å². The smallest absolute Gasteiger partial charge is 0.315 e. The molecular weight excluding hydrogens is 1040 g/mol. The first-order valence-corrected chi connectivity index (χ1v) is 28.4. The van der Waals surface area contributed by atoms with Gasteiger partial charge in [0, 0.05) is 43.5 Å². The van der Waals surface area contributed by atoms with Crippen LogP contribution in [-0.2, 0) is 85.4 Å². The highest BCUT2D eigenvalue weighted by Gasteiger charge is 2.43. The van der Waals surface area contributed by atoms with Gasteiger partial charge in [-0.3, -0.25) is 9.59 Å². The van der Waals surface area contributed by atoms with Crippen LogP contribution in [0.3, 0.4) is 0 Å². The van der Waals surface area contributed by atoms with Crippen molar-refractivity contribution in [2.45, 2.75) is 93.5 Å². The molecule has 452 valence electrons. The molecule has 0 aromatic heterocycles. The SMILES string of the molecule is C[C@@H]1O[C@@H](OCCOCCOCCCNC(=O)CCOCCOCCOCCOCCOCCOCCOCCOCCOCCOCCOCCOCCNC(=O)CCCC[C@@H]2SC[C@@H]3NC(=O)N[C@@H]32)[C@H](O)[C@H](O)[C@H]1O. The zero-order valence-corrected chi connectivity index (χ0v) is 46.3. The molecule has 8 atom stereocenters. The second-order valence-corrected chi connectivity index (χ2v) is 19.1. The van der Waals surface area contributed by atoms with Crippen LogP contribution >= 0.6 is 11.8 Å². The van der Waals surface area contributed by atoms with Crippen molar-refractivity contribution in [1.82, 2.24) is 21.3 Å². The highest BCUT2D eigenvalue weighted by molar-refractivity contribution is 8.00. The van der Waals surface area contributed by atoms with Gasteiger partial charge in [0.05, 0.1) is 203 Å². The molecule has 0 aromatic rings. The largest absolute Gasteiger partial charge is 0.388 e. The third-order valence-electron chi connectivity index (χ3n) is 11.7. The minimum Gasteiger partial charge on any atom is -0.388 e. The first kappa shape index (κ1) is 69.1. The lowest BCUT2D eigenvalue weighted by molar-refractivity contribution is -0.294. The molecule has 3 aliphatic rings. The standard InChI is InChI=1S/C50H94N4O22S/c1-40-46(57)47(58)48(59)49(76-40)75-38-37-74-16-13-61-10-4-8-51-44(56)7-11-62-14-17-64-19-21-66-23-25-68-27-29-70-31-33-72-35-36-73-34-32-71-30-28-69-26-24-67-22-20-65-18-15-63-12-9-52-43(55)6-3-2-5-42-45-41(39-77-42)53-50(60)54-45/h40-42,45-49,57-59H,2-39H2,1H3,(H,51,56)(H,52,55)(H2,53,54,60)/t40-,41-,42-,45-,46-,47+,48+,49+/m0/s1. The van der Waals surface area contributed by atoms with Crippen LogP contribution in [0.4, 0.5) is 4.79 Å². The molecule has 0 spiro atoms. The van der Waals surface area contributed by atoms with Gasteiger partial charge in [-0.1, -0.05) is 6.42 Å². The number of aliphatic hydroxyl groups is 3. The number of ether oxygens (including phenoxy) is 16. The summed E-state index contributed by atoms with van der Waals surface area (Å²) in [7, 11) is 0. The number of aliphatic hydroxyl groups excluding tert-OH is 3. The van der Waals surface area contributed by atoms with E-state index in [0.717, 1.165) is 25.0 Å². The zero-order valence-electron chi connectivity index (χ0n) is 45.5. The minimum atomic E-state index is -1.34. The van der Waals surface area contributed by atoms with Gasteiger partial charge in [0.1, 0.15) is 18.3 Å². The Bertz CT molecular complexity index is 1430. The van der Waals surface area contributed by atoms with Gasteiger partial charge >= 0.3 is 6.03 Å². The molecule has 3 saturated heterocycles. The quantitative estimate of drug-likeness (QED) is 0.0278. The predicted molar refractivity (Wildman–Crippen MR) is 279 cm³/mol. The molecule has 0 aromatic carbocycles. The molecule has 0 radical (unpaired) electrons. The Morgan fingerprint density at radius 2 is 0.883 bits per heavy atom. The summed E-state index contributed by atoms with van der Waals surface area (Å²) < 4.78 is 87.7. The van der Waals surface area contributed by atoms with E-state index in [1.54, 1.807) is 6.92 Å². The van der Waals surface area contributed by atoms with Gasteiger partial charge < -0.3 is 112 Å². The number of thioether (sulfide) groups is 1. The zero-order chi connectivity index (χ0) is 55.1. The second-order valence-electron chi connectivity index (χ2n) is 17.8. The molecule has 27 heteroatoms. The Morgan fingerprint density at radius 3 is 1.36 bits per heavy atom. The van der Waals surface area contributed by atoms with Crippen LogP contribution in [-0.4, -0.2) is 292 Å². The number of nitrogens with one attached hydrogen (secondary N) is 4. The molecule has 3 aliphatic heterocycles. The Morgan fingerprint density at radius 1 is 0.481 bits per heavy atom. The van der Waals surface area contributed by atoms with Crippen LogP contribution in [0, 0.1) is 0 Å². The number of hydrogen-bond acceptors (Lipinski definition) is 23. The molecule has 3 fully saturated rings. The van der Waals surface area contributed by atoms with E-state index in [1.807, 2.05) is 11.8 Å². The van der Waals surface area contributed by atoms with Crippen LogP contribution in [0.1, 0.15) is 45.4 Å². The van der Waals surface area contributed by atoms with Crippen LogP contribution in [0.25, 0.3) is 0 Å². The summed E-state index contributed by atoms with van der Waals surface area (Å²) in [5.74, 6) is 0.886. The normalized spacial score (nSPS) is 22.1. The molecular formula is C50H94N4O22S. The molecule has 0 bridgehead atoms. The first-order chi connectivity index (χ1) is 37.8. The Labute approximate surface area is 459 Å². The fraction of sp³-hybridized carbons (Fsp3) is 0.940. The van der Waals surface area contributed by atoms with E-state index in [2.05, 4.69) is 21.3 Å². The number of amides is 4. The summed E-state index contributed by atoms with van der Waals surface area (Å²) in [6.07, 6.45) is -1.35. The number of carbonyl (C=O) groups excluding carboxylic acids is 3. The van der Waals surface area contributed by atoms with E-state index < -0.39 is 30.7 Å². The van der Waals surface area contributed by atoms with E-state index in [-0.39, 0.29) is 49.6 Å². The lowest BCUT2D eigenvalue weighted by atomic mass is 10.0. The van der Waals surface area contributed by atoms with Gasteiger partial charge in [0.2, 0.25) is 11.8 Å². The molecule has 3 heterocycles. The van der Waals surface area contributed by atoms with Crippen LogP contribution in [0.2, 0.25) is 0 Å². The monoisotopic (exact) mass is 1130 g/mol. The second kappa shape index (κ2) is 48.5. The molecule has 4 amide bonds. The van der Waals surface area contributed by atoms with Crippen molar-refractivity contribution in [2.75, 3.05) is 210 Å². The summed E-state index contributed by atoms with van der Waals surface area (Å²) >= 11 is 1.90. The number of carbonyl (C=O) groups is 3. The van der Waals surface area contributed by atoms with Gasteiger partial charge in [-0.25, -0.2) is 4.79 Å². The highest BCUT2D eigenvalue weighted by Crippen LogP contribution is 2.33.